The highest BCUT2D eigenvalue weighted by molar-refractivity contribution is 9.10. The first kappa shape index (κ1) is 13.2. The number of nitrogen functional groups attached to an aromatic ring is 1. The molecule has 0 unspecified atom stereocenters. The molecule has 0 saturated heterocycles. The number of rotatable bonds is 2. The zero-order valence-electron chi connectivity index (χ0n) is 11.0. The molecule has 102 valence electrons. The number of anilines is 2. The zero-order valence-corrected chi connectivity index (χ0v) is 12.6. The lowest BCUT2D eigenvalue weighted by Gasteiger charge is -2.29. The molecular weight excluding hydrogens is 316 g/mol. The van der Waals surface area contributed by atoms with Gasteiger partial charge in [0, 0.05) is 22.3 Å². The van der Waals surface area contributed by atoms with Crippen molar-refractivity contribution in [2.45, 2.75) is 19.4 Å². The van der Waals surface area contributed by atoms with Crippen LogP contribution in [0.1, 0.15) is 17.5 Å². The van der Waals surface area contributed by atoms with Crippen LogP contribution in [0.4, 0.5) is 11.4 Å². The Morgan fingerprint density at radius 1 is 1.10 bits per heavy atom. The first-order valence-electron chi connectivity index (χ1n) is 6.58. The maximum absolute atomic E-state index is 12.2. The second-order valence-electron chi connectivity index (χ2n) is 4.93. The molecule has 2 N–H and O–H groups in total. The van der Waals surface area contributed by atoms with E-state index in [-0.39, 0.29) is 5.91 Å². The average molecular weight is 331 g/mol. The second-order valence-corrected chi connectivity index (χ2v) is 5.72. The molecule has 0 aromatic heterocycles. The van der Waals surface area contributed by atoms with Crippen LogP contribution < -0.4 is 10.6 Å². The minimum Gasteiger partial charge on any atom is -0.398 e. The first-order valence-corrected chi connectivity index (χ1v) is 7.37. The molecule has 2 aromatic carbocycles. The molecule has 3 nitrogen and oxygen atoms in total. The molecule has 0 aliphatic carbocycles. The van der Waals surface area contributed by atoms with Gasteiger partial charge in [-0.2, -0.15) is 0 Å². The summed E-state index contributed by atoms with van der Waals surface area (Å²) in [5.74, 6) is 0.165. The van der Waals surface area contributed by atoms with Crippen molar-refractivity contribution in [3.63, 3.8) is 0 Å². The Morgan fingerprint density at radius 2 is 1.90 bits per heavy atom. The Kier molecular flexibility index (Phi) is 3.49. The maximum atomic E-state index is 12.2. The molecule has 2 aromatic rings. The summed E-state index contributed by atoms with van der Waals surface area (Å²) in [6.45, 7) is 0.543. The van der Waals surface area contributed by atoms with E-state index < -0.39 is 0 Å². The summed E-state index contributed by atoms with van der Waals surface area (Å²) in [5.41, 5.74) is 9.86. The van der Waals surface area contributed by atoms with E-state index >= 15 is 0 Å². The van der Waals surface area contributed by atoms with Crippen LogP contribution in [-0.4, -0.2) is 5.91 Å². The lowest BCUT2D eigenvalue weighted by atomic mass is 10.0. The van der Waals surface area contributed by atoms with Gasteiger partial charge in [0.1, 0.15) is 0 Å². The average Bonchev–Trinajstić information content (AvgIpc) is 2.46. The van der Waals surface area contributed by atoms with E-state index in [1.54, 1.807) is 0 Å². The van der Waals surface area contributed by atoms with Gasteiger partial charge in [-0.15, -0.1) is 0 Å². The van der Waals surface area contributed by atoms with Crippen molar-refractivity contribution in [2.75, 3.05) is 10.6 Å². The van der Waals surface area contributed by atoms with Crippen LogP contribution in [0.15, 0.2) is 46.9 Å². The van der Waals surface area contributed by atoms with E-state index in [1.165, 1.54) is 5.56 Å². The van der Waals surface area contributed by atoms with Crippen LogP contribution in [0, 0.1) is 0 Å². The van der Waals surface area contributed by atoms with Gasteiger partial charge in [-0.05, 0) is 45.6 Å². The monoisotopic (exact) mass is 330 g/mol. The van der Waals surface area contributed by atoms with Crippen molar-refractivity contribution >= 4 is 33.2 Å². The first-order chi connectivity index (χ1) is 9.66. The highest BCUT2D eigenvalue weighted by atomic mass is 79.9. The van der Waals surface area contributed by atoms with E-state index in [4.69, 9.17) is 5.73 Å². The highest BCUT2D eigenvalue weighted by Crippen LogP contribution is 2.31. The fourth-order valence-electron chi connectivity index (χ4n) is 2.56. The largest absolute Gasteiger partial charge is 0.398 e. The molecule has 20 heavy (non-hydrogen) atoms. The summed E-state index contributed by atoms with van der Waals surface area (Å²) in [7, 11) is 0. The number of fused-ring (bicyclic) bond motifs is 1. The summed E-state index contributed by atoms with van der Waals surface area (Å²) >= 11 is 3.50. The number of carbonyl (C=O) groups excluding carboxylic acids is 1. The van der Waals surface area contributed by atoms with Gasteiger partial charge in [-0.1, -0.05) is 30.3 Å². The quantitative estimate of drug-likeness (QED) is 0.856. The highest BCUT2D eigenvalue weighted by Gasteiger charge is 2.24. The van der Waals surface area contributed by atoms with Gasteiger partial charge in [0.2, 0.25) is 5.91 Å². The van der Waals surface area contributed by atoms with Crippen molar-refractivity contribution in [2.24, 2.45) is 0 Å². The smallest absolute Gasteiger partial charge is 0.227 e. The standard InChI is InChI=1S/C16H15BrN2O/c17-16-12(5-3-6-13(16)18)10-19-14-7-2-1-4-11(14)8-9-15(19)20/h1-7H,8-10,18H2. The van der Waals surface area contributed by atoms with Gasteiger partial charge in [0.05, 0.1) is 6.54 Å². The SMILES string of the molecule is Nc1cccc(CN2C(=O)CCc3ccccc32)c1Br. The van der Waals surface area contributed by atoms with Gasteiger partial charge in [0.15, 0.2) is 0 Å². The summed E-state index contributed by atoms with van der Waals surface area (Å²) in [5, 5.41) is 0. The topological polar surface area (TPSA) is 46.3 Å². The number of amides is 1. The van der Waals surface area contributed by atoms with Crippen molar-refractivity contribution in [1.29, 1.82) is 0 Å². The van der Waals surface area contributed by atoms with Crippen LogP contribution in [0.3, 0.4) is 0 Å². The molecule has 1 aliphatic heterocycles. The van der Waals surface area contributed by atoms with E-state index in [1.807, 2.05) is 41.3 Å². The van der Waals surface area contributed by atoms with Crippen LogP contribution in [0.25, 0.3) is 0 Å². The lowest BCUT2D eigenvalue weighted by Crippen LogP contribution is -2.34. The molecule has 0 saturated carbocycles. The Morgan fingerprint density at radius 3 is 2.75 bits per heavy atom. The van der Waals surface area contributed by atoms with Gasteiger partial charge >= 0.3 is 0 Å². The molecule has 0 radical (unpaired) electrons. The third-order valence-electron chi connectivity index (χ3n) is 3.63. The number of halogens is 1. The number of aryl methyl sites for hydroxylation is 1. The Labute approximate surface area is 126 Å². The minimum atomic E-state index is 0.165. The van der Waals surface area contributed by atoms with Crippen molar-refractivity contribution < 1.29 is 4.79 Å². The summed E-state index contributed by atoms with van der Waals surface area (Å²) in [4.78, 5) is 14.1. The molecular formula is C16H15BrN2O. The molecule has 0 fully saturated rings. The van der Waals surface area contributed by atoms with E-state index in [0.717, 1.165) is 22.1 Å². The van der Waals surface area contributed by atoms with Gasteiger partial charge in [-0.25, -0.2) is 0 Å². The third kappa shape index (κ3) is 2.31. The predicted octanol–water partition coefficient (Wildman–Crippen LogP) is 3.51. The van der Waals surface area contributed by atoms with Crippen LogP contribution in [-0.2, 0) is 17.8 Å². The lowest BCUT2D eigenvalue weighted by molar-refractivity contribution is -0.119. The summed E-state index contributed by atoms with van der Waals surface area (Å²) in [6, 6.07) is 13.8. The van der Waals surface area contributed by atoms with E-state index in [2.05, 4.69) is 22.0 Å². The van der Waals surface area contributed by atoms with Crippen LogP contribution >= 0.6 is 15.9 Å². The van der Waals surface area contributed by atoms with E-state index in [9.17, 15) is 4.79 Å². The summed E-state index contributed by atoms with van der Waals surface area (Å²) in [6.07, 6.45) is 1.39. The number of hydrogen-bond acceptors (Lipinski definition) is 2. The number of para-hydroxylation sites is 1. The van der Waals surface area contributed by atoms with E-state index in [0.29, 0.717) is 18.7 Å². The zero-order chi connectivity index (χ0) is 14.1. The molecule has 4 heteroatoms. The predicted molar refractivity (Wildman–Crippen MR) is 84.5 cm³/mol. The van der Waals surface area contributed by atoms with Crippen molar-refractivity contribution in [1.82, 2.24) is 0 Å². The number of nitrogens with zero attached hydrogens (tertiary/aromatic N) is 1. The number of hydrogen-bond donors (Lipinski definition) is 1. The van der Waals surface area contributed by atoms with Gasteiger partial charge in [-0.3, -0.25) is 4.79 Å². The number of benzene rings is 2. The fourth-order valence-corrected chi connectivity index (χ4v) is 2.95. The number of nitrogens with two attached hydrogens (primary N) is 1. The Hall–Kier alpha value is -1.81. The summed E-state index contributed by atoms with van der Waals surface area (Å²) < 4.78 is 0.871. The molecule has 0 bridgehead atoms. The molecule has 1 heterocycles. The van der Waals surface area contributed by atoms with Crippen molar-refractivity contribution in [3.05, 3.63) is 58.1 Å². The molecule has 0 atom stereocenters. The van der Waals surface area contributed by atoms with Gasteiger partial charge in [0.25, 0.3) is 0 Å². The maximum Gasteiger partial charge on any atom is 0.227 e. The Bertz CT molecular complexity index is 669. The molecule has 1 aliphatic rings. The molecule has 1 amide bonds. The fraction of sp³-hybridized carbons (Fsp3) is 0.188. The molecule has 3 rings (SSSR count). The van der Waals surface area contributed by atoms with Gasteiger partial charge < -0.3 is 10.6 Å². The second kappa shape index (κ2) is 5.29. The van der Waals surface area contributed by atoms with Crippen molar-refractivity contribution in [3.8, 4) is 0 Å². The minimum absolute atomic E-state index is 0.165. The normalized spacial score (nSPS) is 14.2. The molecule has 0 spiro atoms. The number of carbonyl (C=O) groups is 1. The third-order valence-corrected chi connectivity index (χ3v) is 4.60. The Balaban J connectivity index is 1.98. The van der Waals surface area contributed by atoms with Crippen LogP contribution in [0.2, 0.25) is 0 Å². The van der Waals surface area contributed by atoms with Crippen LogP contribution in [0.5, 0.6) is 0 Å².